The summed E-state index contributed by atoms with van der Waals surface area (Å²) in [7, 11) is 0. The van der Waals surface area contributed by atoms with E-state index in [1.54, 1.807) is 0 Å². The molecule has 0 bridgehead atoms. The number of rotatable bonds is 10. The monoisotopic (exact) mass is 273 g/mol. The summed E-state index contributed by atoms with van der Waals surface area (Å²) >= 11 is 2.09. The lowest BCUT2D eigenvalue weighted by Gasteiger charge is -2.36. The second-order valence-electron chi connectivity index (χ2n) is 6.51. The van der Waals surface area contributed by atoms with E-state index in [1.165, 1.54) is 50.2 Å². The number of nitrogens with one attached hydrogen (secondary N) is 1. The fourth-order valence-corrected chi connectivity index (χ4v) is 3.08. The van der Waals surface area contributed by atoms with Crippen molar-refractivity contribution in [1.29, 1.82) is 0 Å². The summed E-state index contributed by atoms with van der Waals surface area (Å²) in [5, 5.41) is 3.74. The molecule has 0 aliphatic heterocycles. The van der Waals surface area contributed by atoms with E-state index in [2.05, 4.69) is 58.6 Å². The largest absolute Gasteiger partial charge is 0.312 e. The number of hydrogen-bond acceptors (Lipinski definition) is 2. The lowest BCUT2D eigenvalue weighted by molar-refractivity contribution is 0.202. The zero-order valence-electron chi connectivity index (χ0n) is 13.6. The van der Waals surface area contributed by atoms with Crippen molar-refractivity contribution < 1.29 is 0 Å². The van der Waals surface area contributed by atoms with Crippen molar-refractivity contribution in [3.8, 4) is 0 Å². The van der Waals surface area contributed by atoms with E-state index in [0.717, 1.165) is 0 Å². The van der Waals surface area contributed by atoms with Crippen molar-refractivity contribution in [2.45, 2.75) is 79.2 Å². The molecule has 0 aromatic rings. The van der Waals surface area contributed by atoms with E-state index >= 15 is 0 Å². The van der Waals surface area contributed by atoms with Gasteiger partial charge in [-0.3, -0.25) is 0 Å². The van der Waals surface area contributed by atoms with Gasteiger partial charge in [0.1, 0.15) is 0 Å². The first-order valence-corrected chi connectivity index (χ1v) is 8.87. The van der Waals surface area contributed by atoms with Crippen molar-refractivity contribution in [3.63, 3.8) is 0 Å². The molecule has 2 heteroatoms. The van der Waals surface area contributed by atoms with Crippen LogP contribution >= 0.6 is 11.8 Å². The van der Waals surface area contributed by atoms with Gasteiger partial charge >= 0.3 is 0 Å². The molecule has 0 saturated carbocycles. The third-order valence-electron chi connectivity index (χ3n) is 3.79. The molecule has 1 atom stereocenters. The molecule has 18 heavy (non-hydrogen) atoms. The van der Waals surface area contributed by atoms with Crippen LogP contribution in [-0.2, 0) is 0 Å². The van der Waals surface area contributed by atoms with E-state index in [-0.39, 0.29) is 5.54 Å². The Bertz CT molecular complexity index is 198. The SMILES string of the molecule is CCCCC(CC)(CCSCC)CNC(C)(C)C. The minimum atomic E-state index is 0.241. The zero-order valence-corrected chi connectivity index (χ0v) is 14.4. The molecule has 0 saturated heterocycles. The van der Waals surface area contributed by atoms with Crippen LogP contribution in [0.25, 0.3) is 0 Å². The second-order valence-corrected chi connectivity index (χ2v) is 7.90. The molecule has 1 N–H and O–H groups in total. The van der Waals surface area contributed by atoms with Gasteiger partial charge in [-0.1, -0.05) is 33.6 Å². The molecule has 0 aliphatic carbocycles. The molecule has 0 spiro atoms. The zero-order chi connectivity index (χ0) is 14.1. The summed E-state index contributed by atoms with van der Waals surface area (Å²) in [5.41, 5.74) is 0.760. The van der Waals surface area contributed by atoms with Crippen LogP contribution in [0.3, 0.4) is 0 Å². The Morgan fingerprint density at radius 1 is 1.00 bits per heavy atom. The van der Waals surface area contributed by atoms with Gasteiger partial charge < -0.3 is 5.32 Å². The Hall–Kier alpha value is 0.310. The molecule has 0 heterocycles. The molecule has 0 radical (unpaired) electrons. The summed E-state index contributed by atoms with van der Waals surface area (Å²) in [6, 6.07) is 0. The lowest BCUT2D eigenvalue weighted by atomic mass is 9.77. The molecule has 1 nitrogen and oxygen atoms in total. The fourth-order valence-electron chi connectivity index (χ4n) is 2.22. The topological polar surface area (TPSA) is 12.0 Å². The predicted octanol–water partition coefficient (Wildman–Crippen LogP) is 5.10. The number of thioether (sulfide) groups is 1. The second kappa shape index (κ2) is 9.25. The highest BCUT2D eigenvalue weighted by atomic mass is 32.2. The van der Waals surface area contributed by atoms with E-state index in [0.29, 0.717) is 5.41 Å². The van der Waals surface area contributed by atoms with Crippen LogP contribution in [0.1, 0.15) is 73.6 Å². The summed E-state index contributed by atoms with van der Waals surface area (Å²) in [4.78, 5) is 0. The molecule has 0 amide bonds. The van der Waals surface area contributed by atoms with Gasteiger partial charge in [0.2, 0.25) is 0 Å². The first-order chi connectivity index (χ1) is 8.39. The average Bonchev–Trinajstić information content (AvgIpc) is 2.31. The standard InChI is InChI=1S/C16H35NS/c1-7-10-11-16(8-2,12-13-18-9-3)14-17-15(4,5)6/h17H,7-14H2,1-6H3. The smallest absolute Gasteiger partial charge is 0.00967 e. The van der Waals surface area contributed by atoms with E-state index in [4.69, 9.17) is 0 Å². The van der Waals surface area contributed by atoms with Crippen molar-refractivity contribution in [1.82, 2.24) is 5.32 Å². The maximum absolute atomic E-state index is 3.74. The first kappa shape index (κ1) is 18.3. The van der Waals surface area contributed by atoms with Gasteiger partial charge in [0.25, 0.3) is 0 Å². The maximum atomic E-state index is 3.74. The normalized spacial score (nSPS) is 15.7. The Morgan fingerprint density at radius 2 is 1.67 bits per heavy atom. The highest BCUT2D eigenvalue weighted by Crippen LogP contribution is 2.34. The van der Waals surface area contributed by atoms with E-state index < -0.39 is 0 Å². The number of hydrogen-bond donors (Lipinski definition) is 1. The van der Waals surface area contributed by atoms with Gasteiger partial charge in [0.15, 0.2) is 0 Å². The van der Waals surface area contributed by atoms with Crippen LogP contribution in [0, 0.1) is 5.41 Å². The van der Waals surface area contributed by atoms with E-state index in [9.17, 15) is 0 Å². The van der Waals surface area contributed by atoms with Gasteiger partial charge in [-0.2, -0.15) is 11.8 Å². The van der Waals surface area contributed by atoms with Crippen LogP contribution in [0.5, 0.6) is 0 Å². The van der Waals surface area contributed by atoms with Crippen molar-refractivity contribution in [2.24, 2.45) is 5.41 Å². The predicted molar refractivity (Wildman–Crippen MR) is 87.6 cm³/mol. The minimum absolute atomic E-state index is 0.241. The van der Waals surface area contributed by atoms with Gasteiger partial charge in [-0.15, -0.1) is 0 Å². The minimum Gasteiger partial charge on any atom is -0.312 e. The van der Waals surface area contributed by atoms with Crippen molar-refractivity contribution in [2.75, 3.05) is 18.1 Å². The highest BCUT2D eigenvalue weighted by molar-refractivity contribution is 7.99. The molecule has 1 unspecified atom stereocenters. The molecule has 0 aromatic heterocycles. The Kier molecular flexibility index (Phi) is 9.41. The quantitative estimate of drug-likeness (QED) is 0.555. The van der Waals surface area contributed by atoms with Gasteiger partial charge in [0, 0.05) is 12.1 Å². The average molecular weight is 274 g/mol. The first-order valence-electron chi connectivity index (χ1n) is 7.72. The summed E-state index contributed by atoms with van der Waals surface area (Å²) in [5.74, 6) is 2.57. The molecule has 0 aromatic carbocycles. The van der Waals surface area contributed by atoms with Crippen LogP contribution < -0.4 is 5.32 Å². The summed E-state index contributed by atoms with van der Waals surface area (Å²) < 4.78 is 0. The molecule has 0 fully saturated rings. The third kappa shape index (κ3) is 8.42. The van der Waals surface area contributed by atoms with Crippen molar-refractivity contribution >= 4 is 11.8 Å². The van der Waals surface area contributed by atoms with Gasteiger partial charge in [-0.05, 0) is 57.0 Å². The Balaban J connectivity index is 4.43. The Labute approximate surface area is 120 Å². The van der Waals surface area contributed by atoms with Gasteiger partial charge in [-0.25, -0.2) is 0 Å². The Morgan fingerprint density at radius 3 is 2.11 bits per heavy atom. The van der Waals surface area contributed by atoms with Crippen LogP contribution in [0.2, 0.25) is 0 Å². The number of unbranched alkanes of at least 4 members (excludes halogenated alkanes) is 1. The van der Waals surface area contributed by atoms with Gasteiger partial charge in [0.05, 0.1) is 0 Å². The van der Waals surface area contributed by atoms with Crippen molar-refractivity contribution in [3.05, 3.63) is 0 Å². The fraction of sp³-hybridized carbons (Fsp3) is 1.00. The van der Waals surface area contributed by atoms with Crippen LogP contribution in [0.4, 0.5) is 0 Å². The maximum Gasteiger partial charge on any atom is 0.00967 e. The highest BCUT2D eigenvalue weighted by Gasteiger charge is 2.28. The molecular weight excluding hydrogens is 238 g/mol. The third-order valence-corrected chi connectivity index (χ3v) is 4.69. The van der Waals surface area contributed by atoms with E-state index in [1.807, 2.05) is 0 Å². The molecular formula is C16H35NS. The lowest BCUT2D eigenvalue weighted by Crippen LogP contribution is -2.44. The van der Waals surface area contributed by atoms with Crippen LogP contribution in [0.15, 0.2) is 0 Å². The summed E-state index contributed by atoms with van der Waals surface area (Å²) in [6.45, 7) is 14.9. The molecule has 110 valence electrons. The summed E-state index contributed by atoms with van der Waals surface area (Å²) in [6.07, 6.45) is 6.74. The molecule has 0 aliphatic rings. The van der Waals surface area contributed by atoms with Crippen LogP contribution in [-0.4, -0.2) is 23.6 Å². The molecule has 0 rings (SSSR count).